The number of rotatable bonds is 5. The highest BCUT2D eigenvalue weighted by Crippen LogP contribution is 2.16. The van der Waals surface area contributed by atoms with E-state index in [0.29, 0.717) is 0 Å². The van der Waals surface area contributed by atoms with E-state index in [0.717, 1.165) is 57.2 Å². The van der Waals surface area contributed by atoms with Gasteiger partial charge in [-0.2, -0.15) is 0 Å². The van der Waals surface area contributed by atoms with Crippen LogP contribution in [0.1, 0.15) is 11.1 Å². The third-order valence-electron chi connectivity index (χ3n) is 5.53. The van der Waals surface area contributed by atoms with Crippen LogP contribution in [0.2, 0.25) is 0 Å². The predicted molar refractivity (Wildman–Crippen MR) is 136 cm³/mol. The van der Waals surface area contributed by atoms with Gasteiger partial charge in [0, 0.05) is 57.9 Å². The topological polar surface area (TPSA) is 43.8 Å². The lowest BCUT2D eigenvalue weighted by Crippen LogP contribution is -2.52. The molecule has 5 nitrogen and oxygen atoms in total. The number of halogens is 1. The number of piperazine rings is 1. The molecule has 1 N–H and O–H groups in total. The number of nitrogens with one attached hydrogen (secondary N) is 1. The molecule has 0 saturated carbocycles. The molecule has 1 saturated heterocycles. The monoisotopic (exact) mass is 515 g/mol. The summed E-state index contributed by atoms with van der Waals surface area (Å²) in [6.07, 6.45) is 2.80. The standard InChI is InChI=1S/C24H29N5.HI/c1-25-24(27-14-12-22-10-5-9-21-11-6-13-26-23(21)22)29-17-15-28(16-18-29)19-20-7-3-2-4-8-20;/h2-11,13H,12,14-19H2,1H3,(H,25,27);1H. The fraction of sp³-hybridized carbons (Fsp3) is 0.333. The molecule has 2 heterocycles. The Morgan fingerprint density at radius 2 is 1.73 bits per heavy atom. The summed E-state index contributed by atoms with van der Waals surface area (Å²) in [5.74, 6) is 0.998. The molecule has 30 heavy (non-hydrogen) atoms. The van der Waals surface area contributed by atoms with Gasteiger partial charge in [-0.15, -0.1) is 24.0 Å². The molecule has 1 aliphatic rings. The van der Waals surface area contributed by atoms with Crippen molar-refractivity contribution in [3.05, 3.63) is 78.0 Å². The average molecular weight is 515 g/mol. The van der Waals surface area contributed by atoms with Crippen molar-refractivity contribution >= 4 is 40.8 Å². The molecule has 0 amide bonds. The highest BCUT2D eigenvalue weighted by Gasteiger charge is 2.19. The number of hydrogen-bond acceptors (Lipinski definition) is 3. The highest BCUT2D eigenvalue weighted by atomic mass is 127. The summed E-state index contributed by atoms with van der Waals surface area (Å²) in [5.41, 5.74) is 3.76. The van der Waals surface area contributed by atoms with Crippen molar-refractivity contribution in [3.8, 4) is 0 Å². The van der Waals surface area contributed by atoms with Crippen LogP contribution in [0.25, 0.3) is 10.9 Å². The lowest BCUT2D eigenvalue weighted by molar-refractivity contribution is 0.172. The Morgan fingerprint density at radius 3 is 2.50 bits per heavy atom. The normalized spacial score (nSPS) is 15.1. The van der Waals surface area contributed by atoms with Gasteiger partial charge in [0.05, 0.1) is 5.52 Å². The van der Waals surface area contributed by atoms with Crippen LogP contribution in [0.5, 0.6) is 0 Å². The third kappa shape index (κ3) is 5.70. The maximum Gasteiger partial charge on any atom is 0.193 e. The predicted octanol–water partition coefficient (Wildman–Crippen LogP) is 3.79. The molecule has 158 valence electrons. The minimum Gasteiger partial charge on any atom is -0.356 e. The number of aromatic nitrogens is 1. The number of hydrogen-bond donors (Lipinski definition) is 1. The van der Waals surface area contributed by atoms with Crippen molar-refractivity contribution in [3.63, 3.8) is 0 Å². The van der Waals surface area contributed by atoms with Gasteiger partial charge >= 0.3 is 0 Å². The Labute approximate surface area is 196 Å². The molecule has 0 spiro atoms. The number of para-hydroxylation sites is 1. The van der Waals surface area contributed by atoms with E-state index < -0.39 is 0 Å². The molecule has 4 rings (SSSR count). The number of fused-ring (bicyclic) bond motifs is 1. The maximum absolute atomic E-state index is 4.56. The number of benzene rings is 2. The molecule has 0 radical (unpaired) electrons. The van der Waals surface area contributed by atoms with Gasteiger partial charge in [0.1, 0.15) is 0 Å². The number of nitrogens with zero attached hydrogens (tertiary/aromatic N) is 4. The van der Waals surface area contributed by atoms with Crippen LogP contribution in [0.4, 0.5) is 0 Å². The zero-order valence-electron chi connectivity index (χ0n) is 17.5. The van der Waals surface area contributed by atoms with E-state index in [4.69, 9.17) is 0 Å². The van der Waals surface area contributed by atoms with Gasteiger partial charge in [0.15, 0.2) is 5.96 Å². The van der Waals surface area contributed by atoms with Crippen molar-refractivity contribution in [2.75, 3.05) is 39.8 Å². The Hall–Kier alpha value is -2.19. The number of aliphatic imine (C=N–C) groups is 1. The zero-order chi connectivity index (χ0) is 19.9. The van der Waals surface area contributed by atoms with Crippen molar-refractivity contribution < 1.29 is 0 Å². The molecule has 0 unspecified atom stereocenters. The first-order chi connectivity index (χ1) is 14.3. The molecular formula is C24H30IN5. The van der Waals surface area contributed by atoms with Crippen molar-refractivity contribution in [2.24, 2.45) is 4.99 Å². The second-order valence-electron chi connectivity index (χ2n) is 7.47. The summed E-state index contributed by atoms with van der Waals surface area (Å²) in [6.45, 7) is 6.00. The van der Waals surface area contributed by atoms with Crippen LogP contribution in [0.3, 0.4) is 0 Å². The highest BCUT2D eigenvalue weighted by molar-refractivity contribution is 14.0. The van der Waals surface area contributed by atoms with E-state index in [1.807, 2.05) is 19.3 Å². The molecule has 1 aliphatic heterocycles. The third-order valence-corrected chi connectivity index (χ3v) is 5.53. The van der Waals surface area contributed by atoms with Gasteiger partial charge in [-0.05, 0) is 23.6 Å². The largest absolute Gasteiger partial charge is 0.356 e. The molecule has 6 heteroatoms. The van der Waals surface area contributed by atoms with Gasteiger partial charge in [-0.1, -0.05) is 54.6 Å². The fourth-order valence-electron chi connectivity index (χ4n) is 3.97. The minimum absolute atomic E-state index is 0. The van der Waals surface area contributed by atoms with Gasteiger partial charge in [-0.25, -0.2) is 0 Å². The van der Waals surface area contributed by atoms with Gasteiger partial charge < -0.3 is 10.2 Å². The fourth-order valence-corrected chi connectivity index (χ4v) is 3.97. The van der Waals surface area contributed by atoms with Gasteiger partial charge in [-0.3, -0.25) is 14.9 Å². The summed E-state index contributed by atoms with van der Waals surface area (Å²) < 4.78 is 0. The van der Waals surface area contributed by atoms with E-state index in [9.17, 15) is 0 Å². The van der Waals surface area contributed by atoms with E-state index in [1.165, 1.54) is 16.5 Å². The second-order valence-corrected chi connectivity index (χ2v) is 7.47. The lowest BCUT2D eigenvalue weighted by atomic mass is 10.1. The molecule has 0 aliphatic carbocycles. The zero-order valence-corrected chi connectivity index (χ0v) is 19.8. The quantitative estimate of drug-likeness (QED) is 0.319. The Bertz CT molecular complexity index is 947. The van der Waals surface area contributed by atoms with Crippen molar-refractivity contribution in [1.82, 2.24) is 20.1 Å². The van der Waals surface area contributed by atoms with E-state index in [-0.39, 0.29) is 24.0 Å². The molecular weight excluding hydrogens is 485 g/mol. The summed E-state index contributed by atoms with van der Waals surface area (Å²) >= 11 is 0. The summed E-state index contributed by atoms with van der Waals surface area (Å²) in [6, 6.07) is 21.2. The van der Waals surface area contributed by atoms with Crippen molar-refractivity contribution in [2.45, 2.75) is 13.0 Å². The summed E-state index contributed by atoms with van der Waals surface area (Å²) in [5, 5.41) is 4.74. The first kappa shape index (κ1) is 22.5. The van der Waals surface area contributed by atoms with Crippen LogP contribution >= 0.6 is 24.0 Å². The number of pyridine rings is 1. The Morgan fingerprint density at radius 1 is 0.967 bits per heavy atom. The molecule has 0 atom stereocenters. The first-order valence-electron chi connectivity index (χ1n) is 10.4. The van der Waals surface area contributed by atoms with Crippen molar-refractivity contribution in [1.29, 1.82) is 0 Å². The SMILES string of the molecule is CN=C(NCCc1cccc2cccnc12)N1CCN(Cc2ccccc2)CC1.I. The number of guanidine groups is 1. The van der Waals surface area contributed by atoms with Gasteiger partial charge in [0.25, 0.3) is 0 Å². The van der Waals surface area contributed by atoms with Gasteiger partial charge in [0.2, 0.25) is 0 Å². The van der Waals surface area contributed by atoms with E-state index >= 15 is 0 Å². The second kappa shape index (κ2) is 11.3. The van der Waals surface area contributed by atoms with Crippen LogP contribution < -0.4 is 5.32 Å². The smallest absolute Gasteiger partial charge is 0.193 e. The van der Waals surface area contributed by atoms with E-state index in [2.05, 4.69) is 79.7 Å². The lowest BCUT2D eigenvalue weighted by Gasteiger charge is -2.36. The van der Waals surface area contributed by atoms with Crippen LogP contribution in [0.15, 0.2) is 71.9 Å². The molecule has 0 bridgehead atoms. The van der Waals surface area contributed by atoms with E-state index in [1.54, 1.807) is 0 Å². The summed E-state index contributed by atoms with van der Waals surface area (Å²) in [4.78, 5) is 13.9. The minimum atomic E-state index is 0. The molecule has 2 aromatic carbocycles. The Kier molecular flexibility index (Phi) is 8.45. The first-order valence-corrected chi connectivity index (χ1v) is 10.4. The van der Waals surface area contributed by atoms with Crippen LogP contribution in [0, 0.1) is 0 Å². The average Bonchev–Trinajstić information content (AvgIpc) is 2.78. The Balaban J connectivity index is 0.00000256. The van der Waals surface area contributed by atoms with Crippen LogP contribution in [-0.4, -0.2) is 60.5 Å². The molecule has 1 aromatic heterocycles. The summed E-state index contributed by atoms with van der Waals surface area (Å²) in [7, 11) is 1.87. The maximum atomic E-state index is 4.56. The molecule has 1 fully saturated rings. The van der Waals surface area contributed by atoms with Crippen LogP contribution in [-0.2, 0) is 13.0 Å². The molecule has 3 aromatic rings.